The van der Waals surface area contributed by atoms with Crippen molar-refractivity contribution in [1.29, 1.82) is 0 Å². The van der Waals surface area contributed by atoms with Gasteiger partial charge in [-0.2, -0.15) is 0 Å². The SMILES string of the molecule is Nc1nnc(CC2=CCCCC2)s1. The molecule has 0 saturated carbocycles. The van der Waals surface area contributed by atoms with Crippen molar-refractivity contribution >= 4 is 16.5 Å². The van der Waals surface area contributed by atoms with Crippen LogP contribution in [-0.4, -0.2) is 10.2 Å². The molecule has 1 aromatic rings. The maximum atomic E-state index is 5.51. The molecule has 0 unspecified atom stereocenters. The Balaban J connectivity index is 2.01. The topological polar surface area (TPSA) is 51.8 Å². The van der Waals surface area contributed by atoms with Crippen LogP contribution in [-0.2, 0) is 6.42 Å². The first-order valence-electron chi connectivity index (χ1n) is 4.60. The molecule has 70 valence electrons. The van der Waals surface area contributed by atoms with Crippen LogP contribution in [0.2, 0.25) is 0 Å². The second-order valence-electron chi connectivity index (χ2n) is 3.32. The Morgan fingerprint density at radius 2 is 2.31 bits per heavy atom. The number of nitrogens with two attached hydrogens (primary N) is 1. The van der Waals surface area contributed by atoms with Crippen LogP contribution in [0.5, 0.6) is 0 Å². The van der Waals surface area contributed by atoms with E-state index in [2.05, 4.69) is 16.3 Å². The minimum absolute atomic E-state index is 0.575. The molecule has 1 aromatic heterocycles. The van der Waals surface area contributed by atoms with E-state index in [0.29, 0.717) is 5.13 Å². The molecule has 0 bridgehead atoms. The van der Waals surface area contributed by atoms with E-state index in [4.69, 9.17) is 5.73 Å². The van der Waals surface area contributed by atoms with Crippen molar-refractivity contribution in [2.45, 2.75) is 32.1 Å². The quantitative estimate of drug-likeness (QED) is 0.736. The Hall–Kier alpha value is -0.900. The first kappa shape index (κ1) is 8.69. The minimum Gasteiger partial charge on any atom is -0.374 e. The average molecular weight is 195 g/mol. The fourth-order valence-corrected chi connectivity index (χ4v) is 2.26. The van der Waals surface area contributed by atoms with Gasteiger partial charge in [0.15, 0.2) is 0 Å². The van der Waals surface area contributed by atoms with E-state index < -0.39 is 0 Å². The number of allylic oxidation sites excluding steroid dienone is 2. The lowest BCUT2D eigenvalue weighted by molar-refractivity contribution is 0.687. The van der Waals surface area contributed by atoms with Gasteiger partial charge in [-0.05, 0) is 25.7 Å². The highest BCUT2D eigenvalue weighted by atomic mass is 32.1. The second kappa shape index (κ2) is 3.87. The number of anilines is 1. The van der Waals surface area contributed by atoms with Gasteiger partial charge in [-0.25, -0.2) is 0 Å². The maximum absolute atomic E-state index is 5.51. The van der Waals surface area contributed by atoms with Gasteiger partial charge in [0.1, 0.15) is 5.01 Å². The Bertz CT molecular complexity index is 316. The lowest BCUT2D eigenvalue weighted by atomic mass is 9.98. The monoisotopic (exact) mass is 195 g/mol. The Kier molecular flexibility index (Phi) is 2.59. The van der Waals surface area contributed by atoms with Crippen LogP contribution >= 0.6 is 11.3 Å². The second-order valence-corrected chi connectivity index (χ2v) is 4.41. The van der Waals surface area contributed by atoms with Crippen molar-refractivity contribution in [3.05, 3.63) is 16.7 Å². The summed E-state index contributed by atoms with van der Waals surface area (Å²) >= 11 is 1.50. The van der Waals surface area contributed by atoms with Crippen molar-refractivity contribution in [3.8, 4) is 0 Å². The van der Waals surface area contributed by atoms with Gasteiger partial charge in [0.2, 0.25) is 5.13 Å². The molecule has 0 saturated heterocycles. The van der Waals surface area contributed by atoms with Crippen molar-refractivity contribution in [1.82, 2.24) is 10.2 Å². The van der Waals surface area contributed by atoms with Crippen LogP contribution in [0.3, 0.4) is 0 Å². The van der Waals surface area contributed by atoms with E-state index in [-0.39, 0.29) is 0 Å². The van der Waals surface area contributed by atoms with Crippen LogP contribution in [0.1, 0.15) is 30.7 Å². The summed E-state index contributed by atoms with van der Waals surface area (Å²) in [5.74, 6) is 0. The number of hydrogen-bond acceptors (Lipinski definition) is 4. The van der Waals surface area contributed by atoms with Crippen LogP contribution in [0.25, 0.3) is 0 Å². The van der Waals surface area contributed by atoms with Crippen molar-refractivity contribution < 1.29 is 0 Å². The zero-order valence-electron chi connectivity index (χ0n) is 7.49. The standard InChI is InChI=1S/C9H13N3S/c10-9-12-11-8(13-9)6-7-4-2-1-3-5-7/h4H,1-3,5-6H2,(H2,10,12). The molecular formula is C9H13N3S. The predicted molar refractivity (Wildman–Crippen MR) is 54.6 cm³/mol. The van der Waals surface area contributed by atoms with E-state index in [9.17, 15) is 0 Å². The molecule has 1 aliphatic carbocycles. The molecule has 13 heavy (non-hydrogen) atoms. The molecule has 0 fully saturated rings. The number of nitrogen functional groups attached to an aromatic ring is 1. The van der Waals surface area contributed by atoms with Gasteiger partial charge >= 0.3 is 0 Å². The summed E-state index contributed by atoms with van der Waals surface area (Å²) in [7, 11) is 0. The van der Waals surface area contributed by atoms with Gasteiger partial charge < -0.3 is 5.73 Å². The average Bonchev–Trinajstić information content (AvgIpc) is 2.53. The predicted octanol–water partition coefficient (Wildman–Crippen LogP) is 2.16. The van der Waals surface area contributed by atoms with Crippen LogP contribution in [0.4, 0.5) is 5.13 Å². The highest BCUT2D eigenvalue weighted by molar-refractivity contribution is 7.15. The third-order valence-corrected chi connectivity index (χ3v) is 3.00. The fraction of sp³-hybridized carbons (Fsp3) is 0.556. The van der Waals surface area contributed by atoms with Crippen molar-refractivity contribution in [2.75, 3.05) is 5.73 Å². The molecule has 2 N–H and O–H groups in total. The summed E-state index contributed by atoms with van der Waals surface area (Å²) in [5.41, 5.74) is 7.01. The lowest BCUT2D eigenvalue weighted by Crippen LogP contribution is -1.95. The number of nitrogens with zero attached hydrogens (tertiary/aromatic N) is 2. The van der Waals surface area contributed by atoms with Gasteiger partial charge in [-0.15, -0.1) is 10.2 Å². The third kappa shape index (κ3) is 2.28. The summed E-state index contributed by atoms with van der Waals surface area (Å²) in [6.07, 6.45) is 8.39. The van der Waals surface area contributed by atoms with Gasteiger partial charge in [0, 0.05) is 6.42 Å². The largest absolute Gasteiger partial charge is 0.374 e. The molecule has 0 aromatic carbocycles. The smallest absolute Gasteiger partial charge is 0.203 e. The molecule has 0 amide bonds. The van der Waals surface area contributed by atoms with Gasteiger partial charge in [0.25, 0.3) is 0 Å². The van der Waals surface area contributed by atoms with E-state index in [1.807, 2.05) is 0 Å². The highest BCUT2D eigenvalue weighted by Gasteiger charge is 2.07. The number of hydrogen-bond donors (Lipinski definition) is 1. The summed E-state index contributed by atoms with van der Waals surface area (Å²) in [6.45, 7) is 0. The normalized spacial score (nSPS) is 17.1. The first-order chi connectivity index (χ1) is 6.34. The summed E-state index contributed by atoms with van der Waals surface area (Å²) in [4.78, 5) is 0. The van der Waals surface area contributed by atoms with E-state index in [1.165, 1.54) is 42.6 Å². The van der Waals surface area contributed by atoms with E-state index in [0.717, 1.165) is 11.4 Å². The van der Waals surface area contributed by atoms with Crippen LogP contribution < -0.4 is 5.73 Å². The summed E-state index contributed by atoms with van der Waals surface area (Å²) in [5, 5.41) is 9.44. The van der Waals surface area contributed by atoms with E-state index in [1.54, 1.807) is 0 Å². The molecule has 2 rings (SSSR count). The van der Waals surface area contributed by atoms with Gasteiger partial charge in [-0.3, -0.25) is 0 Å². The minimum atomic E-state index is 0.575. The molecule has 0 radical (unpaired) electrons. The van der Waals surface area contributed by atoms with Gasteiger partial charge in [0.05, 0.1) is 0 Å². The molecule has 1 aliphatic rings. The van der Waals surface area contributed by atoms with Crippen molar-refractivity contribution in [3.63, 3.8) is 0 Å². The highest BCUT2D eigenvalue weighted by Crippen LogP contribution is 2.22. The molecule has 0 atom stereocenters. The zero-order valence-corrected chi connectivity index (χ0v) is 8.31. The molecule has 1 heterocycles. The molecule has 0 aliphatic heterocycles. The number of aromatic nitrogens is 2. The van der Waals surface area contributed by atoms with E-state index >= 15 is 0 Å². The molecule has 3 nitrogen and oxygen atoms in total. The number of rotatable bonds is 2. The Morgan fingerprint density at radius 3 is 2.92 bits per heavy atom. The Morgan fingerprint density at radius 1 is 1.38 bits per heavy atom. The van der Waals surface area contributed by atoms with Gasteiger partial charge in [-0.1, -0.05) is 23.0 Å². The Labute approximate surface area is 81.7 Å². The first-order valence-corrected chi connectivity index (χ1v) is 5.42. The zero-order chi connectivity index (χ0) is 9.10. The molecular weight excluding hydrogens is 182 g/mol. The molecule has 0 spiro atoms. The van der Waals surface area contributed by atoms with Crippen LogP contribution in [0.15, 0.2) is 11.6 Å². The lowest BCUT2D eigenvalue weighted by Gasteiger charge is -2.10. The third-order valence-electron chi connectivity index (χ3n) is 2.25. The van der Waals surface area contributed by atoms with Crippen molar-refractivity contribution in [2.24, 2.45) is 0 Å². The fourth-order valence-electron chi connectivity index (χ4n) is 1.60. The van der Waals surface area contributed by atoms with Crippen LogP contribution in [0, 0.1) is 0 Å². The maximum Gasteiger partial charge on any atom is 0.203 e. The molecule has 4 heteroatoms. The summed E-state index contributed by atoms with van der Waals surface area (Å²) < 4.78 is 0. The summed E-state index contributed by atoms with van der Waals surface area (Å²) in [6, 6.07) is 0.